The molecule has 0 saturated heterocycles. The summed E-state index contributed by atoms with van der Waals surface area (Å²) >= 11 is 1.41. The highest BCUT2D eigenvalue weighted by Crippen LogP contribution is 2.31. The molecule has 0 spiro atoms. The van der Waals surface area contributed by atoms with E-state index in [1.165, 1.54) is 17.8 Å². The van der Waals surface area contributed by atoms with E-state index in [2.05, 4.69) is 9.97 Å². The van der Waals surface area contributed by atoms with Gasteiger partial charge in [-0.3, -0.25) is 0 Å². The largest absolute Gasteiger partial charge is 0.383 e. The fraction of sp³-hybridized carbons (Fsp3) is 0.167. The molecule has 0 amide bonds. The zero-order chi connectivity index (χ0) is 13.1. The molecule has 6 heteroatoms. The Kier molecular flexibility index (Phi) is 3.69. The third kappa shape index (κ3) is 2.91. The second-order valence-corrected chi connectivity index (χ2v) is 4.94. The fourth-order valence-electron chi connectivity index (χ4n) is 1.56. The van der Waals surface area contributed by atoms with E-state index in [1.54, 1.807) is 0 Å². The highest BCUT2D eigenvalue weighted by atomic mass is 32.2. The summed E-state index contributed by atoms with van der Waals surface area (Å²) in [4.78, 5) is 9.29. The highest BCUT2D eigenvalue weighted by Gasteiger charge is 2.09. The maximum Gasteiger partial charge on any atom is 0.196 e. The van der Waals surface area contributed by atoms with Gasteiger partial charge in [0.2, 0.25) is 0 Å². The normalized spacial score (nSPS) is 12.3. The van der Waals surface area contributed by atoms with Gasteiger partial charge >= 0.3 is 0 Å². The minimum Gasteiger partial charge on any atom is -0.383 e. The smallest absolute Gasteiger partial charge is 0.196 e. The number of benzene rings is 1. The Morgan fingerprint density at radius 1 is 1.11 bits per heavy atom. The molecule has 5 nitrogen and oxygen atoms in total. The molecule has 0 unspecified atom stereocenters. The molecule has 0 radical (unpaired) electrons. The van der Waals surface area contributed by atoms with E-state index >= 15 is 0 Å². The first kappa shape index (κ1) is 12.7. The summed E-state index contributed by atoms with van der Waals surface area (Å²) in [5.74, 6) is 0.728. The second-order valence-electron chi connectivity index (χ2n) is 3.93. The Labute approximate surface area is 110 Å². The van der Waals surface area contributed by atoms with Gasteiger partial charge in [-0.05, 0) is 30.3 Å². The molecule has 1 atom stereocenters. The van der Waals surface area contributed by atoms with Gasteiger partial charge in [0.25, 0.3) is 0 Å². The summed E-state index contributed by atoms with van der Waals surface area (Å²) in [6.07, 6.45) is 0. The minimum atomic E-state index is -0.0490. The summed E-state index contributed by atoms with van der Waals surface area (Å²) in [6.45, 7) is 1.94. The SMILES string of the molecule is C[C@H](N)c1ccccc1Sc1nc(N)cc(N)n1. The van der Waals surface area contributed by atoms with Crippen LogP contribution in [0.25, 0.3) is 0 Å². The van der Waals surface area contributed by atoms with Gasteiger partial charge in [-0.2, -0.15) is 0 Å². The van der Waals surface area contributed by atoms with Crippen molar-refractivity contribution in [2.24, 2.45) is 5.73 Å². The predicted molar refractivity (Wildman–Crippen MR) is 74.0 cm³/mol. The van der Waals surface area contributed by atoms with E-state index in [1.807, 2.05) is 31.2 Å². The van der Waals surface area contributed by atoms with Crippen LogP contribution in [0.15, 0.2) is 40.4 Å². The summed E-state index contributed by atoms with van der Waals surface area (Å²) in [5, 5.41) is 0.528. The first-order valence-electron chi connectivity index (χ1n) is 5.48. The molecule has 18 heavy (non-hydrogen) atoms. The van der Waals surface area contributed by atoms with Crippen molar-refractivity contribution in [3.63, 3.8) is 0 Å². The molecule has 2 aromatic rings. The van der Waals surface area contributed by atoms with Gasteiger partial charge in [-0.1, -0.05) is 18.2 Å². The fourth-order valence-corrected chi connectivity index (χ4v) is 2.57. The zero-order valence-electron chi connectivity index (χ0n) is 10.00. The molecular formula is C12H15N5S. The monoisotopic (exact) mass is 261 g/mol. The van der Waals surface area contributed by atoms with E-state index in [0.29, 0.717) is 16.8 Å². The Morgan fingerprint density at radius 2 is 1.72 bits per heavy atom. The number of rotatable bonds is 3. The number of nitrogen functional groups attached to an aromatic ring is 2. The third-order valence-electron chi connectivity index (χ3n) is 2.36. The molecule has 1 aromatic heterocycles. The van der Waals surface area contributed by atoms with Crippen LogP contribution in [-0.2, 0) is 0 Å². The van der Waals surface area contributed by atoms with Crippen LogP contribution in [0.1, 0.15) is 18.5 Å². The van der Waals surface area contributed by atoms with Gasteiger partial charge in [-0.25, -0.2) is 9.97 Å². The maximum absolute atomic E-state index is 5.92. The van der Waals surface area contributed by atoms with Gasteiger partial charge in [0.05, 0.1) is 0 Å². The quantitative estimate of drug-likeness (QED) is 0.728. The maximum atomic E-state index is 5.92. The lowest BCUT2D eigenvalue weighted by Crippen LogP contribution is -2.06. The zero-order valence-corrected chi connectivity index (χ0v) is 10.8. The standard InChI is InChI=1S/C12H15N5S/c1-7(13)8-4-2-3-5-9(8)18-12-16-10(14)6-11(15)17-12/h2-7H,13H2,1H3,(H4,14,15,16,17)/t7-/m0/s1. The molecule has 2 rings (SSSR count). The van der Waals surface area contributed by atoms with Crippen molar-refractivity contribution in [2.45, 2.75) is 23.0 Å². The van der Waals surface area contributed by atoms with Crippen LogP contribution in [0.5, 0.6) is 0 Å². The Morgan fingerprint density at radius 3 is 2.33 bits per heavy atom. The molecule has 0 aliphatic rings. The minimum absolute atomic E-state index is 0.0490. The van der Waals surface area contributed by atoms with Crippen molar-refractivity contribution in [1.29, 1.82) is 0 Å². The third-order valence-corrected chi connectivity index (χ3v) is 3.31. The van der Waals surface area contributed by atoms with Gasteiger partial charge < -0.3 is 17.2 Å². The van der Waals surface area contributed by atoms with Crippen LogP contribution >= 0.6 is 11.8 Å². The van der Waals surface area contributed by atoms with Crippen molar-refractivity contribution in [3.8, 4) is 0 Å². The number of nitrogens with zero attached hydrogens (tertiary/aromatic N) is 2. The van der Waals surface area contributed by atoms with Gasteiger partial charge in [0.1, 0.15) is 11.6 Å². The molecule has 1 heterocycles. The second kappa shape index (κ2) is 5.24. The average molecular weight is 261 g/mol. The van der Waals surface area contributed by atoms with E-state index < -0.39 is 0 Å². The summed E-state index contributed by atoms with van der Waals surface area (Å²) in [6, 6.07) is 9.35. The predicted octanol–water partition coefficient (Wildman–Crippen LogP) is 1.81. The Balaban J connectivity index is 2.34. The molecule has 0 saturated carbocycles. The summed E-state index contributed by atoms with van der Waals surface area (Å²) in [5.41, 5.74) is 18.3. The number of hydrogen-bond donors (Lipinski definition) is 3. The Hall–Kier alpha value is -1.79. The lowest BCUT2D eigenvalue weighted by Gasteiger charge is -2.11. The van der Waals surface area contributed by atoms with E-state index in [4.69, 9.17) is 17.2 Å². The lowest BCUT2D eigenvalue weighted by atomic mass is 10.1. The summed E-state index contributed by atoms with van der Waals surface area (Å²) < 4.78 is 0. The Bertz CT molecular complexity index is 536. The van der Waals surface area contributed by atoms with Crippen LogP contribution in [0.2, 0.25) is 0 Å². The molecule has 0 bridgehead atoms. The molecule has 94 valence electrons. The van der Waals surface area contributed by atoms with Crippen molar-refractivity contribution in [3.05, 3.63) is 35.9 Å². The van der Waals surface area contributed by atoms with Crippen LogP contribution < -0.4 is 17.2 Å². The molecule has 0 aliphatic heterocycles. The van der Waals surface area contributed by atoms with Crippen molar-refractivity contribution in [1.82, 2.24) is 9.97 Å². The van der Waals surface area contributed by atoms with Crippen LogP contribution in [0, 0.1) is 0 Å². The number of nitrogens with two attached hydrogens (primary N) is 3. The topological polar surface area (TPSA) is 104 Å². The molecule has 0 aliphatic carbocycles. The number of hydrogen-bond acceptors (Lipinski definition) is 6. The molecule has 0 fully saturated rings. The van der Waals surface area contributed by atoms with E-state index in [-0.39, 0.29) is 6.04 Å². The van der Waals surface area contributed by atoms with Gasteiger partial charge in [0.15, 0.2) is 5.16 Å². The van der Waals surface area contributed by atoms with E-state index in [0.717, 1.165) is 10.5 Å². The molecule has 1 aromatic carbocycles. The van der Waals surface area contributed by atoms with Crippen molar-refractivity contribution < 1.29 is 0 Å². The van der Waals surface area contributed by atoms with E-state index in [9.17, 15) is 0 Å². The molecular weight excluding hydrogens is 246 g/mol. The average Bonchev–Trinajstić information content (AvgIpc) is 2.27. The van der Waals surface area contributed by atoms with Crippen LogP contribution in [0.3, 0.4) is 0 Å². The van der Waals surface area contributed by atoms with Crippen molar-refractivity contribution in [2.75, 3.05) is 11.5 Å². The van der Waals surface area contributed by atoms with Crippen LogP contribution in [-0.4, -0.2) is 9.97 Å². The number of anilines is 2. The lowest BCUT2D eigenvalue weighted by molar-refractivity contribution is 0.796. The summed E-state index contributed by atoms with van der Waals surface area (Å²) in [7, 11) is 0. The molecule has 6 N–H and O–H groups in total. The highest BCUT2D eigenvalue weighted by molar-refractivity contribution is 7.99. The van der Waals surface area contributed by atoms with Crippen LogP contribution in [0.4, 0.5) is 11.6 Å². The van der Waals surface area contributed by atoms with Crippen molar-refractivity contribution >= 4 is 23.4 Å². The number of aromatic nitrogens is 2. The first-order chi connectivity index (χ1) is 8.56. The first-order valence-corrected chi connectivity index (χ1v) is 6.30. The van der Waals surface area contributed by atoms with Gasteiger partial charge in [0, 0.05) is 17.0 Å². The van der Waals surface area contributed by atoms with Gasteiger partial charge in [-0.15, -0.1) is 0 Å².